The second kappa shape index (κ2) is 20.0. The summed E-state index contributed by atoms with van der Waals surface area (Å²) in [6, 6.07) is 29.2. The summed E-state index contributed by atoms with van der Waals surface area (Å²) < 4.78 is 113. The average Bonchev–Trinajstić information content (AvgIpc) is 3.70. The zero-order chi connectivity index (χ0) is 46.3. The van der Waals surface area contributed by atoms with E-state index in [2.05, 4.69) is 65.5 Å². The van der Waals surface area contributed by atoms with Crippen LogP contribution in [0.1, 0.15) is 97.6 Å². The highest BCUT2D eigenvalue weighted by molar-refractivity contribution is 7.98. The highest BCUT2D eigenvalue weighted by Gasteiger charge is 2.61. The molecule has 2 heterocycles. The van der Waals surface area contributed by atoms with E-state index in [1.54, 1.807) is 51.1 Å². The maximum absolute atomic E-state index is 15.7. The van der Waals surface area contributed by atoms with E-state index in [-0.39, 0.29) is 17.6 Å². The third-order valence-corrected chi connectivity index (χ3v) is 16.2. The lowest BCUT2D eigenvalue weighted by atomic mass is 9.94. The number of thioether (sulfide) groups is 1. The lowest BCUT2D eigenvalue weighted by Gasteiger charge is -2.44. The molecule has 0 aliphatic carbocycles. The SMILES string of the molecule is CSc1nc(-c2nnc([C@@](CCCCC[C@@H](C)O[Si](c3ccccc3)(c3ccccc3)C(C)(C)C)(OCc3ccccc3)C(F)(F)F)o2)c(NC(=O)OC(C)(C)C)cc1C(F)(F)F. The van der Waals surface area contributed by atoms with Gasteiger partial charge in [-0.15, -0.1) is 22.0 Å². The number of rotatable bonds is 17. The van der Waals surface area contributed by atoms with Crippen molar-refractivity contribution in [2.45, 2.75) is 127 Å². The van der Waals surface area contributed by atoms with Gasteiger partial charge in [-0.1, -0.05) is 125 Å². The van der Waals surface area contributed by atoms with E-state index in [9.17, 15) is 18.0 Å². The van der Waals surface area contributed by atoms with Crippen LogP contribution < -0.4 is 15.7 Å². The quantitative estimate of drug-likeness (QED) is 0.0422. The number of aromatic nitrogens is 3. The number of hydrogen-bond donors (Lipinski definition) is 1. The number of carbonyl (C=O) groups excluding carboxylic acids is 1. The number of unbranched alkanes of at least 4 members (excludes halogenated alkanes) is 2. The molecule has 0 spiro atoms. The molecule has 0 fully saturated rings. The lowest BCUT2D eigenvalue weighted by molar-refractivity contribution is -0.300. The lowest BCUT2D eigenvalue weighted by Crippen LogP contribution is -2.67. The molecule has 5 aromatic rings. The van der Waals surface area contributed by atoms with Crippen LogP contribution in [-0.2, 0) is 32.3 Å². The van der Waals surface area contributed by atoms with Crippen molar-refractivity contribution in [3.05, 3.63) is 114 Å². The standard InChI is InChI=1S/C46H54F6N4O5SSi/c1-31(61-63(43(5,6)7,33-24-16-10-17-25-33)34-26-18-11-19-27-34)21-13-12-20-28-44(46(50,51)52,58-30-32-22-14-9-15-23-32)40-56-55-38(59-40)37-36(53-41(57)60-42(2,3)4)29-35(45(47,48)49)39(54-37)62-8/h9-11,14-19,22-27,29,31H,12-13,20-21,28,30H2,1-8H3,(H,53,57)/t31-,44-/m1/s1. The third kappa shape index (κ3) is 11.9. The molecule has 17 heteroatoms. The van der Waals surface area contributed by atoms with Gasteiger partial charge in [0.15, 0.2) is 5.69 Å². The third-order valence-electron chi connectivity index (χ3n) is 10.3. The van der Waals surface area contributed by atoms with Crippen molar-refractivity contribution in [1.29, 1.82) is 0 Å². The van der Waals surface area contributed by atoms with Crippen LogP contribution in [0.3, 0.4) is 0 Å². The fourth-order valence-electron chi connectivity index (χ4n) is 7.41. The van der Waals surface area contributed by atoms with Gasteiger partial charge in [0, 0.05) is 6.10 Å². The van der Waals surface area contributed by atoms with Crippen molar-refractivity contribution < 1.29 is 49.5 Å². The van der Waals surface area contributed by atoms with Crippen molar-refractivity contribution >= 4 is 42.2 Å². The average molecular weight is 917 g/mol. The molecule has 2 atom stereocenters. The van der Waals surface area contributed by atoms with Crippen LogP contribution in [0.4, 0.5) is 36.8 Å². The summed E-state index contributed by atoms with van der Waals surface area (Å²) >= 11 is 0.634. The Balaban J connectivity index is 1.45. The van der Waals surface area contributed by atoms with Crippen molar-refractivity contribution in [3.8, 4) is 11.6 Å². The number of ether oxygens (including phenoxy) is 2. The molecule has 0 saturated heterocycles. The predicted molar refractivity (Wildman–Crippen MR) is 234 cm³/mol. The second-order valence-electron chi connectivity index (χ2n) is 17.3. The van der Waals surface area contributed by atoms with Gasteiger partial charge in [-0.25, -0.2) is 9.78 Å². The van der Waals surface area contributed by atoms with E-state index < -0.39 is 84.7 Å². The van der Waals surface area contributed by atoms with Gasteiger partial charge in [0.2, 0.25) is 5.60 Å². The number of anilines is 1. The van der Waals surface area contributed by atoms with Gasteiger partial charge in [0.25, 0.3) is 20.1 Å². The maximum atomic E-state index is 15.7. The minimum atomic E-state index is -5.11. The van der Waals surface area contributed by atoms with Gasteiger partial charge in [0.05, 0.1) is 17.9 Å². The summed E-state index contributed by atoms with van der Waals surface area (Å²) in [6.45, 7) is 12.7. The number of nitrogens with zero attached hydrogens (tertiary/aromatic N) is 3. The molecule has 1 N–H and O–H groups in total. The van der Waals surface area contributed by atoms with Crippen molar-refractivity contribution in [3.63, 3.8) is 0 Å². The first-order chi connectivity index (χ1) is 29.5. The predicted octanol–water partition coefficient (Wildman–Crippen LogP) is 12.1. The number of hydrogen-bond acceptors (Lipinski definition) is 9. The summed E-state index contributed by atoms with van der Waals surface area (Å²) in [7, 11) is -2.88. The van der Waals surface area contributed by atoms with Gasteiger partial charge < -0.3 is 18.3 Å². The number of halogens is 6. The minimum absolute atomic E-state index is 0.0124. The van der Waals surface area contributed by atoms with E-state index in [0.29, 0.717) is 42.7 Å². The molecule has 5 rings (SSSR count). The van der Waals surface area contributed by atoms with Gasteiger partial charge in [-0.05, 0) is 80.3 Å². The summed E-state index contributed by atoms with van der Waals surface area (Å²) in [4.78, 5) is 16.9. The molecule has 9 nitrogen and oxygen atoms in total. The van der Waals surface area contributed by atoms with E-state index >= 15 is 13.2 Å². The number of carbonyl (C=O) groups is 1. The smallest absolute Gasteiger partial charge is 0.426 e. The fraction of sp³-hybridized carbons (Fsp3) is 0.435. The highest BCUT2D eigenvalue weighted by atomic mass is 32.2. The van der Waals surface area contributed by atoms with Crippen LogP contribution in [0, 0.1) is 0 Å². The molecule has 1 amide bonds. The monoisotopic (exact) mass is 916 g/mol. The summed E-state index contributed by atoms with van der Waals surface area (Å²) in [5, 5.41) is 11.3. The molecule has 2 aromatic heterocycles. The Morgan fingerprint density at radius 2 is 1.38 bits per heavy atom. The number of nitrogens with one attached hydrogen (secondary N) is 1. The number of pyridine rings is 1. The molecule has 63 heavy (non-hydrogen) atoms. The van der Waals surface area contributed by atoms with E-state index in [4.69, 9.17) is 18.3 Å². The summed E-state index contributed by atoms with van der Waals surface area (Å²) in [6.07, 6.45) is -9.25. The van der Waals surface area contributed by atoms with E-state index in [0.717, 1.165) is 10.4 Å². The Labute approximate surface area is 369 Å². The number of benzene rings is 3. The molecular formula is C46H54F6N4O5SSi. The molecule has 0 aliphatic rings. The first-order valence-corrected chi connectivity index (χ1v) is 23.7. The van der Waals surface area contributed by atoms with Crippen LogP contribution in [0.2, 0.25) is 5.04 Å². The fourth-order valence-corrected chi connectivity index (χ4v) is 12.7. The van der Waals surface area contributed by atoms with Crippen molar-refractivity contribution in [2.75, 3.05) is 11.6 Å². The zero-order valence-corrected chi connectivity index (χ0v) is 38.4. The van der Waals surface area contributed by atoms with Crippen LogP contribution in [-0.4, -0.2) is 53.7 Å². The molecule has 0 aliphatic heterocycles. The van der Waals surface area contributed by atoms with Crippen LogP contribution >= 0.6 is 11.8 Å². The van der Waals surface area contributed by atoms with Crippen LogP contribution in [0.5, 0.6) is 0 Å². The molecule has 3 aromatic carbocycles. The normalized spacial score (nSPS) is 14.3. The Kier molecular flexibility index (Phi) is 15.6. The Morgan fingerprint density at radius 1 is 0.810 bits per heavy atom. The van der Waals surface area contributed by atoms with E-state index in [1.807, 2.05) is 43.3 Å². The second-order valence-corrected chi connectivity index (χ2v) is 22.3. The summed E-state index contributed by atoms with van der Waals surface area (Å²) in [5.41, 5.74) is -6.01. The topological polar surface area (TPSA) is 109 Å². The van der Waals surface area contributed by atoms with Crippen molar-refractivity contribution in [2.24, 2.45) is 0 Å². The minimum Gasteiger partial charge on any atom is -0.444 e. The first kappa shape index (κ1) is 49.3. The van der Waals surface area contributed by atoms with Gasteiger partial charge in [-0.3, -0.25) is 5.32 Å². The van der Waals surface area contributed by atoms with Crippen molar-refractivity contribution in [1.82, 2.24) is 15.2 Å². The molecule has 0 saturated carbocycles. The Hall–Kier alpha value is -4.71. The van der Waals surface area contributed by atoms with E-state index in [1.165, 1.54) is 6.26 Å². The molecular weight excluding hydrogens is 863 g/mol. The summed E-state index contributed by atoms with van der Waals surface area (Å²) in [5.74, 6) is -1.65. The van der Waals surface area contributed by atoms with Gasteiger partial charge >= 0.3 is 18.4 Å². The highest BCUT2D eigenvalue weighted by Crippen LogP contribution is 2.48. The molecule has 0 unspecified atom stereocenters. The van der Waals surface area contributed by atoms with Crippen LogP contribution in [0.15, 0.2) is 107 Å². The number of alkyl halides is 6. The zero-order valence-electron chi connectivity index (χ0n) is 36.6. The Bertz CT molecular complexity index is 2210. The maximum Gasteiger partial charge on any atom is 0.426 e. The number of amides is 1. The van der Waals surface area contributed by atoms with Crippen LogP contribution in [0.25, 0.3) is 11.6 Å². The first-order valence-electron chi connectivity index (χ1n) is 20.5. The largest absolute Gasteiger partial charge is 0.444 e. The molecule has 0 radical (unpaired) electrons. The molecule has 0 bridgehead atoms. The Morgan fingerprint density at radius 3 is 1.89 bits per heavy atom. The van der Waals surface area contributed by atoms with Gasteiger partial charge in [-0.2, -0.15) is 26.3 Å². The van der Waals surface area contributed by atoms with Gasteiger partial charge in [0.1, 0.15) is 10.6 Å². The molecule has 340 valence electrons.